The van der Waals surface area contributed by atoms with Crippen molar-refractivity contribution < 1.29 is 4.42 Å². The van der Waals surface area contributed by atoms with E-state index < -0.39 is 0 Å². The zero-order valence-electron chi connectivity index (χ0n) is 43.5. The molecule has 0 amide bonds. The molecule has 378 valence electrons. The lowest BCUT2D eigenvalue weighted by Gasteiger charge is -2.12. The van der Waals surface area contributed by atoms with Gasteiger partial charge >= 0.3 is 0 Å². The maximum Gasteiger partial charge on any atom is 0.252 e. The fourth-order valence-electron chi connectivity index (χ4n) is 11.7. The van der Waals surface area contributed by atoms with E-state index >= 15 is 0 Å². The first-order valence-corrected chi connectivity index (χ1v) is 27.1. The first-order chi connectivity index (χ1) is 40.1. The second-order valence-electron chi connectivity index (χ2n) is 20.4. The van der Waals surface area contributed by atoms with Crippen LogP contribution in [0.1, 0.15) is 0 Å². The van der Waals surface area contributed by atoms with Crippen molar-refractivity contribution in [1.29, 1.82) is 0 Å². The van der Waals surface area contributed by atoms with Crippen molar-refractivity contribution in [2.24, 2.45) is 0 Å². The molecule has 5 heterocycles. The molecule has 0 aliphatic heterocycles. The van der Waals surface area contributed by atoms with Crippen molar-refractivity contribution in [3.8, 4) is 90.5 Å². The molecule has 0 fully saturated rings. The Morgan fingerprint density at radius 1 is 0.296 bits per heavy atom. The van der Waals surface area contributed by atoms with Gasteiger partial charge in [-0.05, 0) is 99.8 Å². The number of oxazole rings is 1. The van der Waals surface area contributed by atoms with Crippen molar-refractivity contribution in [2.45, 2.75) is 0 Å². The van der Waals surface area contributed by atoms with Crippen molar-refractivity contribution >= 4 is 65.6 Å². The number of fused-ring (bicyclic) bond motifs is 9. The molecule has 81 heavy (non-hydrogen) atoms. The zero-order chi connectivity index (χ0) is 53.4. The van der Waals surface area contributed by atoms with Crippen LogP contribution < -0.4 is 0 Å². The van der Waals surface area contributed by atoms with Crippen LogP contribution in [-0.2, 0) is 0 Å². The van der Waals surface area contributed by atoms with E-state index in [0.29, 0.717) is 34.6 Å². The summed E-state index contributed by atoms with van der Waals surface area (Å²) in [5, 5.41) is 6.89. The van der Waals surface area contributed by atoms with Gasteiger partial charge in [0, 0.05) is 55.0 Å². The molecule has 0 unspecified atom stereocenters. The Kier molecular flexibility index (Phi) is 10.7. The van der Waals surface area contributed by atoms with Gasteiger partial charge < -0.3 is 8.98 Å². The van der Waals surface area contributed by atoms with Crippen LogP contribution in [0.2, 0.25) is 0 Å². The molecule has 16 rings (SSSR count). The molecule has 16 aromatic rings. The minimum atomic E-state index is 0.423. The molecular formula is C73H45N7O. The van der Waals surface area contributed by atoms with Gasteiger partial charge in [-0.2, -0.15) is 4.98 Å². The second-order valence-corrected chi connectivity index (χ2v) is 20.4. The third kappa shape index (κ3) is 7.88. The van der Waals surface area contributed by atoms with Gasteiger partial charge in [0.05, 0.1) is 33.5 Å². The Balaban J connectivity index is 0.802. The molecule has 0 N–H and O–H groups in total. The highest BCUT2D eigenvalue weighted by molar-refractivity contribution is 6.22. The van der Waals surface area contributed by atoms with Crippen molar-refractivity contribution in [3.63, 3.8) is 0 Å². The highest BCUT2D eigenvalue weighted by atomic mass is 16.4. The van der Waals surface area contributed by atoms with Gasteiger partial charge in [-0.3, -0.25) is 4.57 Å². The smallest absolute Gasteiger partial charge is 0.252 e. The monoisotopic (exact) mass is 1040 g/mol. The van der Waals surface area contributed by atoms with Crippen LogP contribution in [0.25, 0.3) is 156 Å². The Morgan fingerprint density at radius 2 is 0.802 bits per heavy atom. The molecule has 0 aliphatic carbocycles. The third-order valence-corrected chi connectivity index (χ3v) is 15.6. The number of benzene rings is 11. The van der Waals surface area contributed by atoms with Crippen molar-refractivity contribution in [2.75, 3.05) is 0 Å². The van der Waals surface area contributed by atoms with E-state index in [9.17, 15) is 0 Å². The van der Waals surface area contributed by atoms with Gasteiger partial charge in [0.2, 0.25) is 11.8 Å². The van der Waals surface area contributed by atoms with Crippen LogP contribution in [-0.4, -0.2) is 34.1 Å². The second kappa shape index (κ2) is 18.8. The summed E-state index contributed by atoms with van der Waals surface area (Å²) in [4.78, 5) is 25.8. The molecule has 11 aromatic carbocycles. The highest BCUT2D eigenvalue weighted by Crippen LogP contribution is 2.42. The molecule has 0 atom stereocenters. The van der Waals surface area contributed by atoms with Crippen LogP contribution >= 0.6 is 0 Å². The molecule has 0 saturated heterocycles. The Labute approximate surface area is 465 Å². The highest BCUT2D eigenvalue weighted by Gasteiger charge is 2.23. The van der Waals surface area contributed by atoms with E-state index in [2.05, 4.69) is 209 Å². The molecule has 0 bridgehead atoms. The maximum absolute atomic E-state index is 6.51. The Morgan fingerprint density at radius 3 is 1.49 bits per heavy atom. The van der Waals surface area contributed by atoms with Gasteiger partial charge in [0.15, 0.2) is 11.3 Å². The standard InChI is InChI=1S/C73H45N7O/c1-5-17-46(18-6-1)47-29-31-49(32-30-47)61-45-62(75-70(74-61)52-22-9-3-10-23-52)50-33-38-56(39-34-50)79-63-28-16-15-27-58(63)59-43-54(36-40-64(59)79)55-37-41-65-60(44-55)67-57-26-14-13-19-48(57)35-42-66(67)80(65)73-77-68(51-20-7-2-8-21-51)69-72(78-73)81-71(76-69)53-24-11-4-12-25-53/h1-45H. The van der Waals surface area contributed by atoms with Gasteiger partial charge in [-0.1, -0.05) is 206 Å². The molecule has 0 spiro atoms. The SMILES string of the molecule is c1ccc(-c2ccc(-c3cc(-c4ccc(-n5c6ccccc6c6cc(-c7ccc8c(c7)c7c9ccccc9ccc7n8-c7nc(-c8ccccc8)c8nc(-c9ccccc9)oc8n7)ccc65)cc4)nc(-c4ccccc4)n3)cc2)cc1. The van der Waals surface area contributed by atoms with Gasteiger partial charge in [0.1, 0.15) is 5.69 Å². The summed E-state index contributed by atoms with van der Waals surface area (Å²) in [6.07, 6.45) is 0. The topological polar surface area (TPSA) is 87.5 Å². The summed E-state index contributed by atoms with van der Waals surface area (Å²) in [5.41, 5.74) is 18.1. The van der Waals surface area contributed by atoms with Crippen LogP contribution in [0.15, 0.2) is 277 Å². The largest absolute Gasteiger partial charge is 0.417 e. The number of aromatic nitrogens is 7. The van der Waals surface area contributed by atoms with E-state index in [1.165, 1.54) is 16.3 Å². The fourth-order valence-corrected chi connectivity index (χ4v) is 11.7. The van der Waals surface area contributed by atoms with E-state index in [-0.39, 0.29) is 0 Å². The number of nitrogens with zero attached hydrogens (tertiary/aromatic N) is 7. The lowest BCUT2D eigenvalue weighted by Crippen LogP contribution is -2.03. The van der Waals surface area contributed by atoms with Gasteiger partial charge in [0.25, 0.3) is 5.71 Å². The Hall–Kier alpha value is -11.1. The molecule has 0 saturated carbocycles. The van der Waals surface area contributed by atoms with E-state index in [1.807, 2.05) is 72.8 Å². The first kappa shape index (κ1) is 46.0. The third-order valence-electron chi connectivity index (χ3n) is 15.6. The summed E-state index contributed by atoms with van der Waals surface area (Å²) in [6, 6.07) is 95.6. The Bertz CT molecular complexity index is 5070. The van der Waals surface area contributed by atoms with Gasteiger partial charge in [-0.15, -0.1) is 0 Å². The quantitative estimate of drug-likeness (QED) is 0.143. The minimum Gasteiger partial charge on any atom is -0.417 e. The summed E-state index contributed by atoms with van der Waals surface area (Å²) in [5.74, 6) is 1.69. The number of rotatable bonds is 9. The van der Waals surface area contributed by atoms with Crippen molar-refractivity contribution in [3.05, 3.63) is 273 Å². The van der Waals surface area contributed by atoms with Crippen LogP contribution in [0.3, 0.4) is 0 Å². The average Bonchev–Trinajstić information content (AvgIpc) is 4.39. The predicted molar refractivity (Wildman–Crippen MR) is 329 cm³/mol. The van der Waals surface area contributed by atoms with Crippen LogP contribution in [0.4, 0.5) is 0 Å². The van der Waals surface area contributed by atoms with E-state index in [0.717, 1.165) is 105 Å². The van der Waals surface area contributed by atoms with E-state index in [1.54, 1.807) is 0 Å². The number of hydrogen-bond donors (Lipinski definition) is 0. The van der Waals surface area contributed by atoms with E-state index in [4.69, 9.17) is 29.3 Å². The summed E-state index contributed by atoms with van der Waals surface area (Å²) < 4.78 is 11.1. The minimum absolute atomic E-state index is 0.423. The molecule has 0 aliphatic rings. The predicted octanol–water partition coefficient (Wildman–Crippen LogP) is 18.4. The molecule has 5 aromatic heterocycles. The lowest BCUT2D eigenvalue weighted by atomic mass is 9.99. The van der Waals surface area contributed by atoms with Crippen LogP contribution in [0.5, 0.6) is 0 Å². The normalized spacial score (nSPS) is 11.7. The number of hydrogen-bond acceptors (Lipinski definition) is 6. The average molecular weight is 1040 g/mol. The molecule has 8 nitrogen and oxygen atoms in total. The molecule has 8 heteroatoms. The maximum atomic E-state index is 6.51. The first-order valence-electron chi connectivity index (χ1n) is 27.1. The summed E-state index contributed by atoms with van der Waals surface area (Å²) >= 11 is 0. The van der Waals surface area contributed by atoms with Crippen molar-refractivity contribution in [1.82, 2.24) is 34.1 Å². The summed E-state index contributed by atoms with van der Waals surface area (Å²) in [6.45, 7) is 0. The van der Waals surface area contributed by atoms with Crippen LogP contribution in [0, 0.1) is 0 Å². The van der Waals surface area contributed by atoms with Gasteiger partial charge in [-0.25, -0.2) is 19.9 Å². The fraction of sp³-hybridized carbons (Fsp3) is 0. The lowest BCUT2D eigenvalue weighted by molar-refractivity contribution is 0.606. The molecule has 0 radical (unpaired) electrons. The summed E-state index contributed by atoms with van der Waals surface area (Å²) in [7, 11) is 0. The number of para-hydroxylation sites is 1. The zero-order valence-corrected chi connectivity index (χ0v) is 43.5. The molecular weight excluding hydrogens is 991 g/mol.